The number of hydrogen-bond acceptors (Lipinski definition) is 1. The van der Waals surface area contributed by atoms with Gasteiger partial charge in [0.2, 0.25) is 0 Å². The summed E-state index contributed by atoms with van der Waals surface area (Å²) >= 11 is 0. The molecular formula is C12H12O. The largest absolute Gasteiger partial charge is 0.294 e. The Labute approximate surface area is 77.8 Å². The fraction of sp³-hybridized carbons (Fsp3) is 0.417. The van der Waals surface area contributed by atoms with E-state index in [0.717, 1.165) is 0 Å². The minimum absolute atomic E-state index is 0.255. The molecule has 13 heavy (non-hydrogen) atoms. The molecule has 1 nitrogen and oxygen atoms in total. The Morgan fingerprint density at radius 1 is 1.08 bits per heavy atom. The molecule has 1 heteroatoms. The van der Waals surface area contributed by atoms with Crippen LogP contribution >= 0.6 is 0 Å². The van der Waals surface area contributed by atoms with Crippen LogP contribution in [0.4, 0.5) is 0 Å². The van der Waals surface area contributed by atoms with E-state index in [0.29, 0.717) is 23.5 Å². The maximum atomic E-state index is 11.7. The molecule has 3 aliphatic rings. The Hall–Kier alpha value is -1.11. The Morgan fingerprint density at radius 3 is 2.85 bits per heavy atom. The molecule has 2 bridgehead atoms. The molecule has 4 atom stereocenters. The highest BCUT2D eigenvalue weighted by atomic mass is 16.1. The molecule has 3 aliphatic carbocycles. The molecule has 0 aliphatic heterocycles. The first-order valence-electron chi connectivity index (χ1n) is 4.93. The van der Waals surface area contributed by atoms with Crippen molar-refractivity contribution in [3.63, 3.8) is 0 Å². The minimum atomic E-state index is 0.255. The van der Waals surface area contributed by atoms with Gasteiger partial charge in [-0.1, -0.05) is 30.4 Å². The third kappa shape index (κ3) is 0.902. The highest BCUT2D eigenvalue weighted by molar-refractivity contribution is 5.93. The van der Waals surface area contributed by atoms with Crippen molar-refractivity contribution in [1.29, 1.82) is 0 Å². The smallest absolute Gasteiger partial charge is 0.159 e. The Kier molecular flexibility index (Phi) is 1.37. The molecule has 0 saturated heterocycles. The van der Waals surface area contributed by atoms with Crippen molar-refractivity contribution >= 4 is 5.78 Å². The Balaban J connectivity index is 2.05. The van der Waals surface area contributed by atoms with Crippen molar-refractivity contribution in [3.8, 4) is 0 Å². The van der Waals surface area contributed by atoms with Gasteiger partial charge in [0, 0.05) is 5.92 Å². The van der Waals surface area contributed by atoms with Gasteiger partial charge in [-0.25, -0.2) is 0 Å². The van der Waals surface area contributed by atoms with E-state index in [1.165, 1.54) is 6.42 Å². The van der Waals surface area contributed by atoms with Gasteiger partial charge in [0.25, 0.3) is 0 Å². The van der Waals surface area contributed by atoms with Crippen molar-refractivity contribution < 1.29 is 4.79 Å². The van der Waals surface area contributed by atoms with E-state index in [2.05, 4.69) is 18.2 Å². The molecular weight excluding hydrogens is 160 g/mol. The van der Waals surface area contributed by atoms with Gasteiger partial charge in [-0.3, -0.25) is 4.79 Å². The van der Waals surface area contributed by atoms with E-state index >= 15 is 0 Å². The third-order valence-corrected chi connectivity index (χ3v) is 3.55. The first-order valence-corrected chi connectivity index (χ1v) is 4.93. The van der Waals surface area contributed by atoms with Gasteiger partial charge in [-0.05, 0) is 30.3 Å². The third-order valence-electron chi connectivity index (χ3n) is 3.55. The molecule has 0 radical (unpaired) electrons. The predicted molar refractivity (Wildman–Crippen MR) is 51.0 cm³/mol. The zero-order chi connectivity index (χ0) is 8.84. The quantitative estimate of drug-likeness (QED) is 0.511. The van der Waals surface area contributed by atoms with Crippen LogP contribution in [0.15, 0.2) is 36.5 Å². The molecule has 0 aromatic carbocycles. The highest BCUT2D eigenvalue weighted by Gasteiger charge is 2.46. The highest BCUT2D eigenvalue weighted by Crippen LogP contribution is 2.49. The second-order valence-electron chi connectivity index (χ2n) is 4.20. The SMILES string of the molecule is O=C1C=CC=CC2C3C=CC(C3)C12. The second kappa shape index (κ2) is 2.44. The molecule has 1 saturated carbocycles. The molecule has 0 amide bonds. The van der Waals surface area contributed by atoms with Gasteiger partial charge in [0.05, 0.1) is 0 Å². The van der Waals surface area contributed by atoms with Crippen LogP contribution in [0.1, 0.15) is 6.42 Å². The number of rotatable bonds is 0. The average molecular weight is 172 g/mol. The second-order valence-corrected chi connectivity index (χ2v) is 4.20. The normalized spacial score (nSPS) is 45.4. The summed E-state index contributed by atoms with van der Waals surface area (Å²) in [6.07, 6.45) is 13.6. The fourth-order valence-corrected chi connectivity index (χ4v) is 2.98. The lowest BCUT2D eigenvalue weighted by Gasteiger charge is -2.21. The topological polar surface area (TPSA) is 17.1 Å². The van der Waals surface area contributed by atoms with E-state index in [-0.39, 0.29) is 5.92 Å². The number of carbonyl (C=O) groups is 1. The van der Waals surface area contributed by atoms with Gasteiger partial charge < -0.3 is 0 Å². The van der Waals surface area contributed by atoms with E-state index in [1.807, 2.05) is 12.2 Å². The number of fused-ring (bicyclic) bond motifs is 5. The monoisotopic (exact) mass is 172 g/mol. The van der Waals surface area contributed by atoms with Crippen LogP contribution in [-0.4, -0.2) is 5.78 Å². The number of hydrogen-bond donors (Lipinski definition) is 0. The molecule has 66 valence electrons. The summed E-state index contributed by atoms with van der Waals surface area (Å²) in [7, 11) is 0. The van der Waals surface area contributed by atoms with Crippen LogP contribution < -0.4 is 0 Å². The van der Waals surface area contributed by atoms with Gasteiger partial charge in [0.1, 0.15) is 0 Å². The van der Waals surface area contributed by atoms with Crippen molar-refractivity contribution in [2.45, 2.75) is 6.42 Å². The summed E-state index contributed by atoms with van der Waals surface area (Å²) in [5.74, 6) is 2.22. The van der Waals surface area contributed by atoms with E-state index in [1.54, 1.807) is 6.08 Å². The van der Waals surface area contributed by atoms with Crippen LogP contribution in [0.5, 0.6) is 0 Å². The summed E-state index contributed by atoms with van der Waals surface area (Å²) in [6, 6.07) is 0. The molecule has 4 unspecified atom stereocenters. The van der Waals surface area contributed by atoms with Crippen molar-refractivity contribution in [2.24, 2.45) is 23.7 Å². The summed E-state index contributed by atoms with van der Waals surface area (Å²) < 4.78 is 0. The van der Waals surface area contributed by atoms with Crippen LogP contribution in [0.25, 0.3) is 0 Å². The molecule has 0 heterocycles. The molecule has 1 fully saturated rings. The number of allylic oxidation sites excluding steroid dienone is 6. The van der Waals surface area contributed by atoms with Gasteiger partial charge in [0.15, 0.2) is 5.78 Å². The lowest BCUT2D eigenvalue weighted by atomic mass is 9.81. The molecule has 0 N–H and O–H groups in total. The number of ketones is 1. The van der Waals surface area contributed by atoms with Gasteiger partial charge >= 0.3 is 0 Å². The minimum Gasteiger partial charge on any atom is -0.294 e. The zero-order valence-corrected chi connectivity index (χ0v) is 7.39. The van der Waals surface area contributed by atoms with Crippen molar-refractivity contribution in [2.75, 3.05) is 0 Å². The fourth-order valence-electron chi connectivity index (χ4n) is 2.98. The van der Waals surface area contributed by atoms with Crippen LogP contribution in [-0.2, 0) is 4.79 Å². The van der Waals surface area contributed by atoms with E-state index < -0.39 is 0 Å². The summed E-state index contributed by atoms with van der Waals surface area (Å²) in [6.45, 7) is 0. The van der Waals surface area contributed by atoms with Crippen molar-refractivity contribution in [1.82, 2.24) is 0 Å². The first kappa shape index (κ1) is 7.31. The molecule has 3 rings (SSSR count). The molecule has 0 aromatic heterocycles. The maximum absolute atomic E-state index is 11.7. The lowest BCUT2D eigenvalue weighted by molar-refractivity contribution is -0.119. The van der Waals surface area contributed by atoms with Gasteiger partial charge in [-0.2, -0.15) is 0 Å². The van der Waals surface area contributed by atoms with Crippen molar-refractivity contribution in [3.05, 3.63) is 36.5 Å². The lowest BCUT2D eigenvalue weighted by Crippen LogP contribution is -2.24. The summed E-state index contributed by atoms with van der Waals surface area (Å²) in [5, 5.41) is 0. The predicted octanol–water partition coefficient (Wildman–Crippen LogP) is 2.12. The first-order chi connectivity index (χ1) is 6.36. The maximum Gasteiger partial charge on any atom is 0.159 e. The van der Waals surface area contributed by atoms with E-state index in [4.69, 9.17) is 0 Å². The molecule has 0 aromatic rings. The van der Waals surface area contributed by atoms with Gasteiger partial charge in [-0.15, -0.1) is 0 Å². The van der Waals surface area contributed by atoms with Crippen LogP contribution in [0.2, 0.25) is 0 Å². The van der Waals surface area contributed by atoms with Crippen LogP contribution in [0.3, 0.4) is 0 Å². The zero-order valence-electron chi connectivity index (χ0n) is 7.39. The Bertz CT molecular complexity index is 335. The summed E-state index contributed by atoms with van der Waals surface area (Å²) in [4.78, 5) is 11.7. The Morgan fingerprint density at radius 2 is 1.92 bits per heavy atom. The average Bonchev–Trinajstić information content (AvgIpc) is 2.66. The molecule has 0 spiro atoms. The van der Waals surface area contributed by atoms with Crippen LogP contribution in [0, 0.1) is 23.7 Å². The summed E-state index contributed by atoms with van der Waals surface area (Å²) in [5.41, 5.74) is 0. The number of carbonyl (C=O) groups excluding carboxylic acids is 1. The standard InChI is InChI=1S/C12H12O/c13-11-4-2-1-3-10-8-5-6-9(7-8)12(10)11/h1-6,8-10,12H,7H2. The van der Waals surface area contributed by atoms with E-state index in [9.17, 15) is 4.79 Å².